The van der Waals surface area contributed by atoms with E-state index in [0.717, 1.165) is 37.8 Å². The molecule has 2 aliphatic rings. The van der Waals surface area contributed by atoms with Crippen LogP contribution in [0.5, 0.6) is 0 Å². The first kappa shape index (κ1) is 12.1. The third-order valence-electron chi connectivity index (χ3n) is 4.01. The zero-order valence-electron chi connectivity index (χ0n) is 10.6. The van der Waals surface area contributed by atoms with E-state index >= 15 is 0 Å². The van der Waals surface area contributed by atoms with E-state index in [4.69, 9.17) is 12.2 Å². The molecule has 5 heteroatoms. The molecule has 98 valence electrons. The molecule has 0 saturated heterocycles. The van der Waals surface area contributed by atoms with Gasteiger partial charge in [0, 0.05) is 37.3 Å². The Morgan fingerprint density at radius 2 is 2.17 bits per heavy atom. The van der Waals surface area contributed by atoms with Gasteiger partial charge in [-0.05, 0) is 31.0 Å². The van der Waals surface area contributed by atoms with Crippen molar-refractivity contribution < 1.29 is 0 Å². The Bertz CT molecular complexity index is 476. The summed E-state index contributed by atoms with van der Waals surface area (Å²) in [7, 11) is 0. The van der Waals surface area contributed by atoms with Gasteiger partial charge in [0.2, 0.25) is 0 Å². The minimum atomic E-state index is 0.601. The van der Waals surface area contributed by atoms with Crippen LogP contribution in [0.4, 0.5) is 5.82 Å². The molecule has 1 saturated carbocycles. The van der Waals surface area contributed by atoms with Crippen LogP contribution in [0.1, 0.15) is 36.9 Å². The molecule has 0 aromatic carbocycles. The molecule has 0 spiro atoms. The summed E-state index contributed by atoms with van der Waals surface area (Å²) in [6.07, 6.45) is 6.49. The molecule has 1 aliphatic heterocycles. The minimum absolute atomic E-state index is 0.601. The highest BCUT2D eigenvalue weighted by molar-refractivity contribution is 7.71. The molecule has 0 atom stereocenters. The number of fused-ring (bicyclic) bond motifs is 1. The van der Waals surface area contributed by atoms with Crippen LogP contribution in [0.3, 0.4) is 0 Å². The zero-order valence-corrected chi connectivity index (χ0v) is 11.4. The molecule has 0 bridgehead atoms. The van der Waals surface area contributed by atoms with E-state index in [-0.39, 0.29) is 0 Å². The molecular formula is C13H20N4S. The Hall–Kier alpha value is -0.940. The normalized spacial score (nSPS) is 19.8. The summed E-state index contributed by atoms with van der Waals surface area (Å²) < 4.78 is 0.601. The lowest BCUT2D eigenvalue weighted by Gasteiger charge is -2.21. The molecule has 3 rings (SSSR count). The lowest BCUT2D eigenvalue weighted by molar-refractivity contribution is 0.575. The van der Waals surface area contributed by atoms with Crippen LogP contribution in [-0.4, -0.2) is 23.1 Å². The zero-order chi connectivity index (χ0) is 12.4. The van der Waals surface area contributed by atoms with Crippen molar-refractivity contribution in [1.29, 1.82) is 0 Å². The Balaban J connectivity index is 1.77. The molecule has 1 aliphatic carbocycles. The lowest BCUT2D eigenvalue weighted by atomic mass is 10.1. The number of hydrogen-bond acceptors (Lipinski definition) is 4. The van der Waals surface area contributed by atoms with Gasteiger partial charge < -0.3 is 15.6 Å². The third kappa shape index (κ3) is 2.57. The number of nitrogens with one attached hydrogen (secondary N) is 3. The highest BCUT2D eigenvalue weighted by atomic mass is 32.1. The lowest BCUT2D eigenvalue weighted by Crippen LogP contribution is -2.27. The summed E-state index contributed by atoms with van der Waals surface area (Å²) >= 11 is 5.21. The number of aromatic nitrogens is 2. The van der Waals surface area contributed by atoms with Crippen molar-refractivity contribution in [2.45, 2.75) is 38.6 Å². The van der Waals surface area contributed by atoms with Gasteiger partial charge in [-0.3, -0.25) is 0 Å². The predicted molar refractivity (Wildman–Crippen MR) is 75.3 cm³/mol. The first-order chi connectivity index (χ1) is 8.83. The highest BCUT2D eigenvalue weighted by Crippen LogP contribution is 2.26. The third-order valence-corrected chi connectivity index (χ3v) is 4.20. The van der Waals surface area contributed by atoms with Crippen molar-refractivity contribution >= 4 is 18.0 Å². The average molecular weight is 264 g/mol. The van der Waals surface area contributed by atoms with Crippen molar-refractivity contribution in [1.82, 2.24) is 15.3 Å². The smallest absolute Gasteiger partial charge is 0.198 e. The molecule has 3 N–H and O–H groups in total. The van der Waals surface area contributed by atoms with Crippen LogP contribution in [0.25, 0.3) is 0 Å². The van der Waals surface area contributed by atoms with Gasteiger partial charge in [-0.2, -0.15) is 0 Å². The number of nitrogens with zero attached hydrogens (tertiary/aromatic N) is 1. The molecule has 1 fully saturated rings. The van der Waals surface area contributed by atoms with Gasteiger partial charge >= 0.3 is 0 Å². The van der Waals surface area contributed by atoms with Crippen molar-refractivity contribution in [3.63, 3.8) is 0 Å². The van der Waals surface area contributed by atoms with Gasteiger partial charge in [0.05, 0.1) is 0 Å². The van der Waals surface area contributed by atoms with Crippen LogP contribution < -0.4 is 10.6 Å². The van der Waals surface area contributed by atoms with Gasteiger partial charge in [-0.15, -0.1) is 0 Å². The molecule has 4 nitrogen and oxygen atoms in total. The number of H-pyrrole nitrogens is 1. The van der Waals surface area contributed by atoms with E-state index in [0.29, 0.717) is 4.77 Å². The summed E-state index contributed by atoms with van der Waals surface area (Å²) in [5, 5.41) is 6.91. The van der Waals surface area contributed by atoms with Crippen LogP contribution in [0, 0.1) is 10.7 Å². The maximum atomic E-state index is 5.21. The fourth-order valence-electron chi connectivity index (χ4n) is 2.98. The van der Waals surface area contributed by atoms with Crippen LogP contribution >= 0.6 is 12.2 Å². The Morgan fingerprint density at radius 3 is 3.00 bits per heavy atom. The van der Waals surface area contributed by atoms with Crippen LogP contribution in [-0.2, 0) is 13.0 Å². The van der Waals surface area contributed by atoms with E-state index in [1.165, 1.54) is 36.9 Å². The second kappa shape index (κ2) is 5.36. The molecule has 1 aromatic rings. The largest absolute Gasteiger partial charge is 0.369 e. The molecule has 2 heterocycles. The molecule has 0 unspecified atom stereocenters. The van der Waals surface area contributed by atoms with Crippen LogP contribution in [0.2, 0.25) is 0 Å². The van der Waals surface area contributed by atoms with Crippen molar-refractivity contribution in [2.24, 2.45) is 5.92 Å². The second-order valence-corrected chi connectivity index (χ2v) is 5.69. The van der Waals surface area contributed by atoms with Crippen molar-refractivity contribution in [2.75, 3.05) is 18.4 Å². The number of hydrogen-bond donors (Lipinski definition) is 3. The topological polar surface area (TPSA) is 52.7 Å². The quantitative estimate of drug-likeness (QED) is 0.734. The summed E-state index contributed by atoms with van der Waals surface area (Å²) in [6, 6.07) is 0. The predicted octanol–water partition coefficient (Wildman–Crippen LogP) is 2.39. The van der Waals surface area contributed by atoms with Gasteiger partial charge in [-0.1, -0.05) is 12.8 Å². The molecule has 0 radical (unpaired) electrons. The van der Waals surface area contributed by atoms with Crippen molar-refractivity contribution in [3.8, 4) is 0 Å². The summed E-state index contributed by atoms with van der Waals surface area (Å²) in [4.78, 5) is 7.68. The van der Waals surface area contributed by atoms with Gasteiger partial charge in [0.15, 0.2) is 4.77 Å². The van der Waals surface area contributed by atoms with E-state index in [9.17, 15) is 0 Å². The number of rotatable bonds is 3. The Kier molecular flexibility index (Phi) is 3.61. The summed E-state index contributed by atoms with van der Waals surface area (Å²) in [5.41, 5.74) is 2.52. The van der Waals surface area contributed by atoms with E-state index in [1.54, 1.807) is 0 Å². The van der Waals surface area contributed by atoms with Crippen molar-refractivity contribution in [3.05, 3.63) is 16.0 Å². The van der Waals surface area contributed by atoms with E-state index < -0.39 is 0 Å². The standard InChI is InChI=1S/C13H20N4S/c18-13-16-11-5-6-14-8-10(11)12(17-13)15-7-9-3-1-2-4-9/h9,14H,1-8H2,(H2,15,16,17,18). The number of aromatic amines is 1. The first-order valence-corrected chi connectivity index (χ1v) is 7.30. The Morgan fingerprint density at radius 1 is 1.33 bits per heavy atom. The molecular weight excluding hydrogens is 244 g/mol. The minimum Gasteiger partial charge on any atom is -0.369 e. The fourth-order valence-corrected chi connectivity index (χ4v) is 3.19. The van der Waals surface area contributed by atoms with Gasteiger partial charge in [0.25, 0.3) is 0 Å². The van der Waals surface area contributed by atoms with E-state index in [1.807, 2.05) is 0 Å². The maximum Gasteiger partial charge on any atom is 0.198 e. The van der Waals surface area contributed by atoms with Gasteiger partial charge in [-0.25, -0.2) is 4.98 Å². The fraction of sp³-hybridized carbons (Fsp3) is 0.692. The van der Waals surface area contributed by atoms with E-state index in [2.05, 4.69) is 20.6 Å². The average Bonchev–Trinajstić information content (AvgIpc) is 2.89. The monoisotopic (exact) mass is 264 g/mol. The highest BCUT2D eigenvalue weighted by Gasteiger charge is 2.18. The Labute approximate surface area is 113 Å². The summed E-state index contributed by atoms with van der Waals surface area (Å²) in [5.74, 6) is 1.81. The molecule has 0 amide bonds. The SMILES string of the molecule is S=c1nc(NCC2CCCC2)c2c([nH]1)CCNC2. The van der Waals surface area contributed by atoms with Crippen LogP contribution in [0.15, 0.2) is 0 Å². The second-order valence-electron chi connectivity index (χ2n) is 5.31. The number of anilines is 1. The first-order valence-electron chi connectivity index (χ1n) is 6.89. The molecule has 1 aromatic heterocycles. The maximum absolute atomic E-state index is 5.21. The summed E-state index contributed by atoms with van der Waals surface area (Å²) in [6.45, 7) is 2.95. The van der Waals surface area contributed by atoms with Gasteiger partial charge in [0.1, 0.15) is 5.82 Å². The molecule has 18 heavy (non-hydrogen) atoms.